The van der Waals surface area contributed by atoms with E-state index in [1.54, 1.807) is 0 Å². The van der Waals surface area contributed by atoms with E-state index < -0.39 is 0 Å². The molecule has 2 rings (SSSR count). The Morgan fingerprint density at radius 3 is 3.15 bits per heavy atom. The van der Waals surface area contributed by atoms with Crippen molar-refractivity contribution in [1.29, 1.82) is 0 Å². The molecule has 2 unspecified atom stereocenters. The molecule has 72 valence electrons. The summed E-state index contributed by atoms with van der Waals surface area (Å²) in [6, 6.07) is 2.17. The molecule has 1 aliphatic carbocycles. The second kappa shape index (κ2) is 3.18. The van der Waals surface area contributed by atoms with Gasteiger partial charge in [0.05, 0.1) is 0 Å². The highest BCUT2D eigenvalue weighted by Gasteiger charge is 2.30. The number of nitrogens with two attached hydrogens (primary N) is 1. The SMILES string of the molecule is Cc1cc2c(o1)C(C(C)CN)CC2. The lowest BCUT2D eigenvalue weighted by atomic mass is 9.93. The van der Waals surface area contributed by atoms with E-state index >= 15 is 0 Å². The minimum Gasteiger partial charge on any atom is -0.466 e. The quantitative estimate of drug-likeness (QED) is 0.756. The predicted octanol–water partition coefficient (Wildman–Crippen LogP) is 2.21. The standard InChI is InChI=1S/C11H17NO/c1-7(6-12)10-4-3-9-5-8(2)13-11(9)10/h5,7,10H,3-4,6,12H2,1-2H3. The van der Waals surface area contributed by atoms with Crippen LogP contribution < -0.4 is 5.73 Å². The zero-order chi connectivity index (χ0) is 9.42. The molecule has 0 fully saturated rings. The van der Waals surface area contributed by atoms with E-state index in [-0.39, 0.29) is 0 Å². The number of hydrogen-bond acceptors (Lipinski definition) is 2. The van der Waals surface area contributed by atoms with Crippen LogP contribution in [0.25, 0.3) is 0 Å². The third-order valence-corrected chi connectivity index (χ3v) is 3.09. The van der Waals surface area contributed by atoms with E-state index in [1.165, 1.54) is 24.2 Å². The Labute approximate surface area is 79.1 Å². The molecule has 1 aliphatic rings. The molecular weight excluding hydrogens is 162 g/mol. The summed E-state index contributed by atoms with van der Waals surface area (Å²) < 4.78 is 5.71. The molecule has 0 saturated heterocycles. The van der Waals surface area contributed by atoms with Gasteiger partial charge in [0.1, 0.15) is 11.5 Å². The molecule has 0 saturated carbocycles. The Kier molecular flexibility index (Phi) is 2.16. The summed E-state index contributed by atoms with van der Waals surface area (Å²) in [5, 5.41) is 0. The van der Waals surface area contributed by atoms with Gasteiger partial charge < -0.3 is 10.2 Å². The van der Waals surface area contributed by atoms with Crippen molar-refractivity contribution in [2.75, 3.05) is 6.54 Å². The maximum Gasteiger partial charge on any atom is 0.110 e. The Bertz CT molecular complexity index is 303. The fourth-order valence-electron chi connectivity index (χ4n) is 2.24. The van der Waals surface area contributed by atoms with Crippen molar-refractivity contribution in [3.63, 3.8) is 0 Å². The first kappa shape index (κ1) is 8.82. The fourth-order valence-corrected chi connectivity index (χ4v) is 2.24. The first-order valence-corrected chi connectivity index (χ1v) is 5.01. The Balaban J connectivity index is 2.26. The predicted molar refractivity (Wildman–Crippen MR) is 52.7 cm³/mol. The number of aryl methyl sites for hydroxylation is 2. The molecule has 2 heteroatoms. The minimum absolute atomic E-state index is 0.548. The van der Waals surface area contributed by atoms with Gasteiger partial charge in [-0.05, 0) is 43.9 Å². The summed E-state index contributed by atoms with van der Waals surface area (Å²) in [4.78, 5) is 0. The maximum absolute atomic E-state index is 5.71. The van der Waals surface area contributed by atoms with Crippen LogP contribution in [-0.2, 0) is 6.42 Å². The zero-order valence-corrected chi connectivity index (χ0v) is 8.34. The van der Waals surface area contributed by atoms with Gasteiger partial charge in [0.15, 0.2) is 0 Å². The number of fused-ring (bicyclic) bond motifs is 1. The van der Waals surface area contributed by atoms with Crippen LogP contribution >= 0.6 is 0 Å². The van der Waals surface area contributed by atoms with Gasteiger partial charge >= 0.3 is 0 Å². The van der Waals surface area contributed by atoms with Gasteiger partial charge in [0.2, 0.25) is 0 Å². The van der Waals surface area contributed by atoms with E-state index in [0.29, 0.717) is 11.8 Å². The molecule has 1 aromatic heterocycles. The molecule has 1 aromatic rings. The van der Waals surface area contributed by atoms with Crippen molar-refractivity contribution < 1.29 is 4.42 Å². The van der Waals surface area contributed by atoms with Crippen molar-refractivity contribution in [3.8, 4) is 0 Å². The van der Waals surface area contributed by atoms with Gasteiger partial charge in [0.25, 0.3) is 0 Å². The topological polar surface area (TPSA) is 39.2 Å². The van der Waals surface area contributed by atoms with E-state index in [0.717, 1.165) is 12.3 Å². The highest BCUT2D eigenvalue weighted by Crippen LogP contribution is 2.39. The smallest absolute Gasteiger partial charge is 0.110 e. The van der Waals surface area contributed by atoms with Crippen molar-refractivity contribution in [1.82, 2.24) is 0 Å². The molecule has 2 nitrogen and oxygen atoms in total. The molecule has 13 heavy (non-hydrogen) atoms. The van der Waals surface area contributed by atoms with Gasteiger partial charge in [-0.25, -0.2) is 0 Å². The molecule has 0 amide bonds. The molecule has 0 aromatic carbocycles. The highest BCUT2D eigenvalue weighted by atomic mass is 16.3. The van der Waals surface area contributed by atoms with Crippen LogP contribution in [0.3, 0.4) is 0 Å². The van der Waals surface area contributed by atoms with Crippen LogP contribution in [0.5, 0.6) is 0 Å². The summed E-state index contributed by atoms with van der Waals surface area (Å²) in [5.41, 5.74) is 7.08. The summed E-state index contributed by atoms with van der Waals surface area (Å²) in [6.45, 7) is 4.98. The van der Waals surface area contributed by atoms with Crippen LogP contribution in [0, 0.1) is 12.8 Å². The van der Waals surface area contributed by atoms with Gasteiger partial charge in [-0.3, -0.25) is 0 Å². The lowest BCUT2D eigenvalue weighted by molar-refractivity contribution is 0.378. The monoisotopic (exact) mass is 179 g/mol. The molecule has 0 spiro atoms. The Hall–Kier alpha value is -0.760. The largest absolute Gasteiger partial charge is 0.466 e. The fraction of sp³-hybridized carbons (Fsp3) is 0.636. The summed E-state index contributed by atoms with van der Waals surface area (Å²) in [6.07, 6.45) is 2.38. The Morgan fingerprint density at radius 1 is 1.69 bits per heavy atom. The third kappa shape index (κ3) is 1.39. The van der Waals surface area contributed by atoms with Crippen LogP contribution in [-0.4, -0.2) is 6.54 Å². The molecular formula is C11H17NO. The maximum atomic E-state index is 5.71. The first-order chi connectivity index (χ1) is 6.22. The highest BCUT2D eigenvalue weighted by molar-refractivity contribution is 5.29. The minimum atomic E-state index is 0.548. The number of furan rings is 1. The summed E-state index contributed by atoms with van der Waals surface area (Å²) in [7, 11) is 0. The number of hydrogen-bond donors (Lipinski definition) is 1. The van der Waals surface area contributed by atoms with Crippen LogP contribution in [0.4, 0.5) is 0 Å². The zero-order valence-electron chi connectivity index (χ0n) is 8.34. The van der Waals surface area contributed by atoms with E-state index in [4.69, 9.17) is 10.2 Å². The summed E-state index contributed by atoms with van der Waals surface area (Å²) >= 11 is 0. The van der Waals surface area contributed by atoms with E-state index in [9.17, 15) is 0 Å². The molecule has 2 N–H and O–H groups in total. The Morgan fingerprint density at radius 2 is 2.46 bits per heavy atom. The molecule has 1 heterocycles. The van der Waals surface area contributed by atoms with Crippen molar-refractivity contribution in [2.24, 2.45) is 11.7 Å². The lowest BCUT2D eigenvalue weighted by Crippen LogP contribution is -2.17. The van der Waals surface area contributed by atoms with E-state index in [1.807, 2.05) is 6.92 Å². The van der Waals surface area contributed by atoms with E-state index in [2.05, 4.69) is 13.0 Å². The van der Waals surface area contributed by atoms with Crippen molar-refractivity contribution in [2.45, 2.75) is 32.6 Å². The first-order valence-electron chi connectivity index (χ1n) is 5.01. The van der Waals surface area contributed by atoms with Crippen molar-refractivity contribution in [3.05, 3.63) is 23.2 Å². The van der Waals surface area contributed by atoms with Crippen LogP contribution in [0.15, 0.2) is 10.5 Å². The number of rotatable bonds is 2. The lowest BCUT2D eigenvalue weighted by Gasteiger charge is -2.15. The second-order valence-electron chi connectivity index (χ2n) is 4.10. The molecule has 0 bridgehead atoms. The normalized spacial score (nSPS) is 23.2. The third-order valence-electron chi connectivity index (χ3n) is 3.09. The molecule has 2 atom stereocenters. The average Bonchev–Trinajstić information content (AvgIpc) is 2.61. The molecule has 0 aliphatic heterocycles. The average molecular weight is 179 g/mol. The summed E-state index contributed by atoms with van der Waals surface area (Å²) in [5.74, 6) is 3.36. The van der Waals surface area contributed by atoms with Crippen LogP contribution in [0.2, 0.25) is 0 Å². The van der Waals surface area contributed by atoms with Crippen LogP contribution in [0.1, 0.15) is 36.3 Å². The molecule has 0 radical (unpaired) electrons. The van der Waals surface area contributed by atoms with Crippen molar-refractivity contribution >= 4 is 0 Å². The van der Waals surface area contributed by atoms with Gasteiger partial charge in [-0.2, -0.15) is 0 Å². The van der Waals surface area contributed by atoms with Gasteiger partial charge in [-0.1, -0.05) is 6.92 Å². The van der Waals surface area contributed by atoms with Gasteiger partial charge in [0, 0.05) is 5.92 Å². The second-order valence-corrected chi connectivity index (χ2v) is 4.10. The van der Waals surface area contributed by atoms with Gasteiger partial charge in [-0.15, -0.1) is 0 Å².